The van der Waals surface area contributed by atoms with E-state index in [-0.39, 0.29) is 6.61 Å². The number of thiol groups is 1. The first-order valence-corrected chi connectivity index (χ1v) is 3.82. The predicted octanol–water partition coefficient (Wildman–Crippen LogP) is -1.44. The van der Waals surface area contributed by atoms with Crippen LogP contribution in [0.25, 0.3) is 0 Å². The van der Waals surface area contributed by atoms with Crippen molar-refractivity contribution in [3.8, 4) is 0 Å². The van der Waals surface area contributed by atoms with Gasteiger partial charge < -0.3 is 20.1 Å². The van der Waals surface area contributed by atoms with Gasteiger partial charge in [-0.25, -0.2) is 0 Å². The molecule has 3 N–H and O–H groups in total. The van der Waals surface area contributed by atoms with E-state index in [4.69, 9.17) is 14.9 Å². The Hall–Kier alpha value is 0.190. The van der Waals surface area contributed by atoms with Gasteiger partial charge in [0.15, 0.2) is 0 Å². The van der Waals surface area contributed by atoms with Crippen LogP contribution in [0.15, 0.2) is 0 Å². The molecular weight excluding hydrogens is 168 g/mol. The lowest BCUT2D eigenvalue weighted by Crippen LogP contribution is -2.49. The van der Waals surface area contributed by atoms with Crippen LogP contribution >= 0.6 is 12.6 Å². The van der Waals surface area contributed by atoms with Crippen molar-refractivity contribution >= 4 is 12.6 Å². The summed E-state index contributed by atoms with van der Waals surface area (Å²) in [6.07, 6.45) is -2.51. The van der Waals surface area contributed by atoms with E-state index in [0.717, 1.165) is 6.61 Å². The van der Waals surface area contributed by atoms with Gasteiger partial charge in [-0.3, -0.25) is 0 Å². The molecule has 65 valence electrons. The van der Waals surface area contributed by atoms with Crippen molar-refractivity contribution in [3.63, 3.8) is 0 Å². The third kappa shape index (κ3) is 1.86. The zero-order valence-corrected chi connectivity index (χ0v) is 6.69. The van der Waals surface area contributed by atoms with Crippen LogP contribution in [0.2, 0.25) is 0 Å². The summed E-state index contributed by atoms with van der Waals surface area (Å²) >= 11 is 3.98. The number of hydrogen-bond donors (Lipinski definition) is 4. The summed E-state index contributed by atoms with van der Waals surface area (Å²) in [4.78, 5) is 0. The lowest BCUT2D eigenvalue weighted by atomic mass is 10.0. The van der Waals surface area contributed by atoms with E-state index in [1.54, 1.807) is 0 Å². The fourth-order valence-electron chi connectivity index (χ4n) is 0.915. The van der Waals surface area contributed by atoms with Gasteiger partial charge in [-0.05, 0) is 0 Å². The molecule has 1 saturated heterocycles. The smallest absolute Gasteiger partial charge is 0.115 e. The standard InChI is InChI=1S/C6H11O4S/c7-1-4-6(11)5(9)3(8)2-10-4/h2-9,11H,1H2/t3-,4+,5+,6-/m0/s1. The maximum Gasteiger partial charge on any atom is 0.115 e. The van der Waals surface area contributed by atoms with E-state index in [2.05, 4.69) is 12.6 Å². The van der Waals surface area contributed by atoms with Crippen LogP contribution in [0.3, 0.4) is 0 Å². The van der Waals surface area contributed by atoms with Crippen molar-refractivity contribution in [1.29, 1.82) is 0 Å². The van der Waals surface area contributed by atoms with Crippen molar-refractivity contribution in [2.45, 2.75) is 23.6 Å². The summed E-state index contributed by atoms with van der Waals surface area (Å²) in [5.41, 5.74) is 0. The molecule has 4 nitrogen and oxygen atoms in total. The molecule has 0 aromatic rings. The summed E-state index contributed by atoms with van der Waals surface area (Å²) in [5.74, 6) is 0. The zero-order chi connectivity index (χ0) is 8.43. The molecular formula is C6H11O4S. The molecule has 1 fully saturated rings. The number of ether oxygens (including phenoxy) is 1. The Morgan fingerprint density at radius 3 is 2.64 bits per heavy atom. The van der Waals surface area contributed by atoms with Crippen LogP contribution < -0.4 is 0 Å². The molecule has 5 heteroatoms. The molecule has 0 saturated carbocycles. The monoisotopic (exact) mass is 179 g/mol. The summed E-state index contributed by atoms with van der Waals surface area (Å²) in [6.45, 7) is 0.896. The van der Waals surface area contributed by atoms with Gasteiger partial charge in [-0.2, -0.15) is 12.6 Å². The van der Waals surface area contributed by atoms with E-state index in [1.807, 2.05) is 0 Å². The molecule has 0 aromatic heterocycles. The highest BCUT2D eigenvalue weighted by Crippen LogP contribution is 2.21. The zero-order valence-electron chi connectivity index (χ0n) is 5.79. The van der Waals surface area contributed by atoms with Crippen molar-refractivity contribution in [2.75, 3.05) is 6.61 Å². The molecule has 0 amide bonds. The third-order valence-electron chi connectivity index (χ3n) is 1.65. The second-order valence-corrected chi connectivity index (χ2v) is 3.06. The first-order valence-electron chi connectivity index (χ1n) is 3.30. The molecule has 0 aromatic carbocycles. The summed E-state index contributed by atoms with van der Waals surface area (Å²) in [6, 6.07) is 0. The van der Waals surface area contributed by atoms with Crippen molar-refractivity contribution in [1.82, 2.24) is 0 Å². The van der Waals surface area contributed by atoms with Crippen molar-refractivity contribution < 1.29 is 20.1 Å². The fourth-order valence-corrected chi connectivity index (χ4v) is 1.26. The Labute approximate surface area is 70.2 Å². The van der Waals surface area contributed by atoms with Gasteiger partial charge >= 0.3 is 0 Å². The van der Waals surface area contributed by atoms with Crippen molar-refractivity contribution in [2.24, 2.45) is 0 Å². The second kappa shape index (κ2) is 3.73. The maximum atomic E-state index is 9.20. The van der Waals surface area contributed by atoms with Crippen LogP contribution in [0.5, 0.6) is 0 Å². The van der Waals surface area contributed by atoms with Gasteiger partial charge in [0.2, 0.25) is 0 Å². The number of rotatable bonds is 1. The average molecular weight is 179 g/mol. The molecule has 1 rings (SSSR count). The highest BCUT2D eigenvalue weighted by molar-refractivity contribution is 7.81. The van der Waals surface area contributed by atoms with Gasteiger partial charge in [0.1, 0.15) is 12.7 Å². The van der Waals surface area contributed by atoms with Crippen LogP contribution in [0.1, 0.15) is 0 Å². The summed E-state index contributed by atoms with van der Waals surface area (Å²) in [5, 5.41) is 26.3. The molecule has 4 atom stereocenters. The molecule has 11 heavy (non-hydrogen) atoms. The summed E-state index contributed by atoms with van der Waals surface area (Å²) in [7, 11) is 0. The summed E-state index contributed by atoms with van der Waals surface area (Å²) < 4.78 is 4.86. The predicted molar refractivity (Wildman–Crippen MR) is 41.0 cm³/mol. The Bertz CT molecular complexity index is 130. The highest BCUT2D eigenvalue weighted by Gasteiger charge is 2.36. The van der Waals surface area contributed by atoms with Gasteiger partial charge in [0.05, 0.1) is 24.1 Å². The molecule has 0 spiro atoms. The first kappa shape index (κ1) is 9.28. The number of aliphatic hydroxyl groups is 3. The van der Waals surface area contributed by atoms with Gasteiger partial charge in [0.25, 0.3) is 0 Å². The molecule has 1 aliphatic rings. The molecule has 0 bridgehead atoms. The second-order valence-electron chi connectivity index (χ2n) is 2.46. The van der Waals surface area contributed by atoms with Crippen LogP contribution in [0, 0.1) is 6.61 Å². The SMILES string of the molecule is OC[C@H]1O[CH][C@H](O)[C@@H](O)[C@H]1S. The van der Waals surface area contributed by atoms with Crippen LogP contribution in [-0.4, -0.2) is 45.5 Å². The van der Waals surface area contributed by atoms with Crippen LogP contribution in [-0.2, 0) is 4.74 Å². The average Bonchev–Trinajstić information content (AvgIpc) is 2.01. The van der Waals surface area contributed by atoms with E-state index in [1.165, 1.54) is 0 Å². The van der Waals surface area contributed by atoms with Gasteiger partial charge in [-0.1, -0.05) is 0 Å². The van der Waals surface area contributed by atoms with E-state index < -0.39 is 23.6 Å². The van der Waals surface area contributed by atoms with Gasteiger partial charge in [0, 0.05) is 0 Å². The minimum Gasteiger partial charge on any atom is -0.394 e. The normalized spacial score (nSPS) is 45.8. The topological polar surface area (TPSA) is 69.9 Å². The van der Waals surface area contributed by atoms with Gasteiger partial charge in [-0.15, -0.1) is 0 Å². The fraction of sp³-hybridized carbons (Fsp3) is 0.833. The Morgan fingerprint density at radius 2 is 2.09 bits per heavy atom. The molecule has 1 radical (unpaired) electrons. The number of hydrogen-bond acceptors (Lipinski definition) is 5. The number of aliphatic hydroxyl groups excluding tert-OH is 3. The molecule has 1 aliphatic heterocycles. The maximum absolute atomic E-state index is 9.20. The largest absolute Gasteiger partial charge is 0.394 e. The minimum atomic E-state index is -1.01. The molecule has 1 heterocycles. The van der Waals surface area contributed by atoms with Crippen molar-refractivity contribution in [3.05, 3.63) is 6.61 Å². The highest BCUT2D eigenvalue weighted by atomic mass is 32.1. The Balaban J connectivity index is 2.52. The Kier molecular flexibility index (Phi) is 3.15. The first-order chi connectivity index (χ1) is 5.16. The third-order valence-corrected chi connectivity index (χ3v) is 2.29. The quantitative estimate of drug-likeness (QED) is 0.372. The van der Waals surface area contributed by atoms with E-state index in [0.29, 0.717) is 0 Å². The van der Waals surface area contributed by atoms with E-state index >= 15 is 0 Å². The molecule has 0 unspecified atom stereocenters. The Morgan fingerprint density at radius 1 is 1.45 bits per heavy atom. The van der Waals surface area contributed by atoms with Crippen LogP contribution in [0.4, 0.5) is 0 Å². The molecule has 0 aliphatic carbocycles. The lowest BCUT2D eigenvalue weighted by molar-refractivity contribution is -0.0908. The van der Waals surface area contributed by atoms with E-state index in [9.17, 15) is 5.11 Å². The minimum absolute atomic E-state index is 0.214. The lowest BCUT2D eigenvalue weighted by Gasteiger charge is -2.34.